The first-order chi connectivity index (χ1) is 22.4. The lowest BCUT2D eigenvalue weighted by Crippen LogP contribution is -2.59. The number of para-hydroxylation sites is 1. The highest BCUT2D eigenvalue weighted by Crippen LogP contribution is 2.45. The molecule has 1 unspecified atom stereocenters. The molecule has 2 fully saturated rings. The highest BCUT2D eigenvalue weighted by molar-refractivity contribution is 7.09. The molecule has 1 saturated carbocycles. The molecule has 3 heterocycles. The number of amides is 3. The molecule has 2 aliphatic rings. The van der Waals surface area contributed by atoms with E-state index in [9.17, 15) is 24.3 Å². The Labute approximate surface area is 283 Å². The van der Waals surface area contributed by atoms with Gasteiger partial charge in [0.15, 0.2) is 0 Å². The summed E-state index contributed by atoms with van der Waals surface area (Å²) >= 11 is 1.51. The standard InChI is InChI=1S/C35H43N5O7S/c1-9-20-16-35(20,31(43)44)39-29(41)26-14-21(17-40(26)30(42)28(33(3,4)5)38-32(45)47-34(6,7)8)46-27-15-24(25-18-48-19(2)36-25)37-23-13-11-10-12-22(23)27/h9-13,15,18,20-21,26,28H,1,14,16-17H2,2-8H3,(H,38,45)(H,39,41)(H,43,44)/t20-,21+,26-,28+,35?/m0/s1. The number of hydrogen-bond acceptors (Lipinski definition) is 9. The number of thiazole rings is 1. The Kier molecular flexibility index (Phi) is 9.30. The molecule has 1 aromatic carbocycles. The van der Waals surface area contributed by atoms with Crippen molar-refractivity contribution in [3.05, 3.63) is 53.4 Å². The molecule has 1 aliphatic heterocycles. The van der Waals surface area contributed by atoms with E-state index in [2.05, 4.69) is 22.2 Å². The fourth-order valence-corrected chi connectivity index (χ4v) is 6.57. The number of hydrogen-bond donors (Lipinski definition) is 3. The van der Waals surface area contributed by atoms with Crippen molar-refractivity contribution in [1.82, 2.24) is 25.5 Å². The fourth-order valence-electron chi connectivity index (χ4n) is 5.97. The van der Waals surface area contributed by atoms with Crippen LogP contribution in [0.3, 0.4) is 0 Å². The van der Waals surface area contributed by atoms with Crippen LogP contribution in [0.1, 0.15) is 59.4 Å². The Morgan fingerprint density at radius 1 is 1.12 bits per heavy atom. The van der Waals surface area contributed by atoms with Crippen LogP contribution in [0, 0.1) is 18.3 Å². The van der Waals surface area contributed by atoms with E-state index in [1.165, 1.54) is 22.3 Å². The fraction of sp³-hybridized carbons (Fsp3) is 0.486. The predicted molar refractivity (Wildman–Crippen MR) is 182 cm³/mol. The molecule has 3 aromatic rings. The maximum absolute atomic E-state index is 14.4. The van der Waals surface area contributed by atoms with Crippen molar-refractivity contribution in [3.8, 4) is 17.1 Å². The molecule has 5 rings (SSSR count). The Morgan fingerprint density at radius 3 is 2.42 bits per heavy atom. The van der Waals surface area contributed by atoms with Crippen LogP contribution in [0.5, 0.6) is 5.75 Å². The van der Waals surface area contributed by atoms with Gasteiger partial charge in [0.25, 0.3) is 0 Å². The van der Waals surface area contributed by atoms with Crippen molar-refractivity contribution >= 4 is 46.1 Å². The first kappa shape index (κ1) is 34.8. The third kappa shape index (κ3) is 7.30. The lowest BCUT2D eigenvalue weighted by Gasteiger charge is -2.35. The number of likely N-dealkylation sites (tertiary alicyclic amines) is 1. The first-order valence-corrected chi connectivity index (χ1v) is 16.8. The van der Waals surface area contributed by atoms with E-state index in [1.807, 2.05) is 36.6 Å². The minimum atomic E-state index is -1.49. The molecule has 13 heteroatoms. The number of rotatable bonds is 9. The van der Waals surface area contributed by atoms with E-state index in [1.54, 1.807) is 47.6 Å². The van der Waals surface area contributed by atoms with Crippen molar-refractivity contribution < 1.29 is 33.8 Å². The minimum Gasteiger partial charge on any atom is -0.488 e. The number of aryl methyl sites for hydroxylation is 1. The maximum Gasteiger partial charge on any atom is 0.408 e. The van der Waals surface area contributed by atoms with Gasteiger partial charge in [0.1, 0.15) is 35.1 Å². The van der Waals surface area contributed by atoms with Gasteiger partial charge in [-0.3, -0.25) is 9.59 Å². The first-order valence-electron chi connectivity index (χ1n) is 15.9. The quantitative estimate of drug-likeness (QED) is 0.262. The van der Waals surface area contributed by atoms with Crippen LogP contribution in [0.15, 0.2) is 48.4 Å². The Balaban J connectivity index is 1.48. The van der Waals surface area contributed by atoms with Gasteiger partial charge in [-0.05, 0) is 51.7 Å². The molecule has 0 bridgehead atoms. The van der Waals surface area contributed by atoms with Crippen LogP contribution in [-0.2, 0) is 19.1 Å². The molecular formula is C35H43N5O7S. The Bertz CT molecular complexity index is 1760. The number of alkyl carbamates (subject to hydrolysis) is 1. The van der Waals surface area contributed by atoms with Crippen molar-refractivity contribution in [2.75, 3.05) is 6.54 Å². The zero-order chi connectivity index (χ0) is 35.2. The van der Waals surface area contributed by atoms with Gasteiger partial charge in [0, 0.05) is 29.2 Å². The van der Waals surface area contributed by atoms with Gasteiger partial charge in [-0.1, -0.05) is 39.0 Å². The van der Waals surface area contributed by atoms with Crippen LogP contribution < -0.4 is 15.4 Å². The van der Waals surface area contributed by atoms with E-state index in [0.29, 0.717) is 22.7 Å². The van der Waals surface area contributed by atoms with Crippen molar-refractivity contribution in [2.24, 2.45) is 11.3 Å². The van der Waals surface area contributed by atoms with Gasteiger partial charge in [-0.2, -0.15) is 0 Å². The summed E-state index contributed by atoms with van der Waals surface area (Å²) in [4.78, 5) is 64.1. The summed E-state index contributed by atoms with van der Waals surface area (Å²) in [5.74, 6) is -2.24. The highest BCUT2D eigenvalue weighted by atomic mass is 32.1. The smallest absolute Gasteiger partial charge is 0.408 e. The third-order valence-corrected chi connectivity index (χ3v) is 9.28. The number of nitrogens with one attached hydrogen (secondary N) is 2. The molecule has 2 aromatic heterocycles. The Morgan fingerprint density at radius 2 is 1.83 bits per heavy atom. The van der Waals surface area contributed by atoms with E-state index in [-0.39, 0.29) is 19.4 Å². The zero-order valence-electron chi connectivity index (χ0n) is 28.3. The van der Waals surface area contributed by atoms with Gasteiger partial charge in [-0.15, -0.1) is 17.9 Å². The van der Waals surface area contributed by atoms with Crippen LogP contribution in [0.4, 0.5) is 4.79 Å². The number of carbonyl (C=O) groups is 4. The summed E-state index contributed by atoms with van der Waals surface area (Å²) in [6.45, 7) is 16.2. The number of aromatic nitrogens is 2. The largest absolute Gasteiger partial charge is 0.488 e. The average Bonchev–Trinajstić information content (AvgIpc) is 3.28. The summed E-state index contributed by atoms with van der Waals surface area (Å²) in [6.07, 6.45) is 0.363. The lowest BCUT2D eigenvalue weighted by atomic mass is 9.85. The van der Waals surface area contributed by atoms with Crippen molar-refractivity contribution in [2.45, 2.75) is 90.6 Å². The van der Waals surface area contributed by atoms with Gasteiger partial charge >= 0.3 is 12.1 Å². The molecule has 3 amide bonds. The van der Waals surface area contributed by atoms with Crippen molar-refractivity contribution in [3.63, 3.8) is 0 Å². The number of pyridine rings is 1. The molecule has 0 radical (unpaired) electrons. The molecule has 256 valence electrons. The predicted octanol–water partition coefficient (Wildman–Crippen LogP) is 5.10. The Hall–Kier alpha value is -4.52. The molecule has 12 nitrogen and oxygen atoms in total. The number of fused-ring (bicyclic) bond motifs is 1. The van der Waals surface area contributed by atoms with Crippen LogP contribution in [0.25, 0.3) is 22.3 Å². The van der Waals surface area contributed by atoms with Gasteiger partial charge < -0.3 is 30.1 Å². The summed E-state index contributed by atoms with van der Waals surface area (Å²) in [7, 11) is 0. The molecule has 48 heavy (non-hydrogen) atoms. The van der Waals surface area contributed by atoms with Crippen LogP contribution in [0.2, 0.25) is 0 Å². The topological polar surface area (TPSA) is 160 Å². The van der Waals surface area contributed by atoms with E-state index >= 15 is 0 Å². The SMILES string of the molecule is C=C[C@H]1CC1(NC(=O)[C@@H]1C[C@@H](Oc2cc(-c3csc(C)n3)nc3ccccc23)CN1C(=O)[C@@H](NC(=O)OC(C)(C)C)C(C)(C)C)C(=O)O. The minimum absolute atomic E-state index is 0.00620. The van der Waals surface area contributed by atoms with Gasteiger partial charge in [0.05, 0.1) is 28.5 Å². The maximum atomic E-state index is 14.4. The highest BCUT2D eigenvalue weighted by Gasteiger charge is 2.61. The number of carboxylic acid groups (broad SMARTS) is 1. The van der Waals surface area contributed by atoms with Crippen LogP contribution >= 0.6 is 11.3 Å². The number of carboxylic acids is 1. The number of aliphatic carboxylic acids is 1. The summed E-state index contributed by atoms with van der Waals surface area (Å²) in [5, 5.41) is 19.0. The molecule has 1 saturated heterocycles. The normalized spacial score (nSPS) is 22.9. The number of benzene rings is 1. The third-order valence-electron chi connectivity index (χ3n) is 8.50. The summed E-state index contributed by atoms with van der Waals surface area (Å²) in [5.41, 5.74) is -1.05. The van der Waals surface area contributed by atoms with Crippen molar-refractivity contribution in [1.29, 1.82) is 0 Å². The molecule has 0 spiro atoms. The second-order valence-electron chi connectivity index (χ2n) is 14.5. The molecule has 3 N–H and O–H groups in total. The number of nitrogens with zero attached hydrogens (tertiary/aromatic N) is 3. The lowest BCUT2D eigenvalue weighted by molar-refractivity contribution is -0.146. The van der Waals surface area contributed by atoms with E-state index < -0.39 is 64.5 Å². The number of ether oxygens (including phenoxy) is 2. The van der Waals surface area contributed by atoms with E-state index in [4.69, 9.17) is 14.5 Å². The van der Waals surface area contributed by atoms with Gasteiger partial charge in [0.2, 0.25) is 11.8 Å². The molecule has 1 aliphatic carbocycles. The summed E-state index contributed by atoms with van der Waals surface area (Å²) < 4.78 is 12.0. The monoisotopic (exact) mass is 677 g/mol. The zero-order valence-corrected chi connectivity index (χ0v) is 29.1. The van der Waals surface area contributed by atoms with Crippen LogP contribution in [-0.4, -0.2) is 79.7 Å². The van der Waals surface area contributed by atoms with E-state index in [0.717, 1.165) is 10.4 Å². The van der Waals surface area contributed by atoms with Gasteiger partial charge in [-0.25, -0.2) is 19.6 Å². The summed E-state index contributed by atoms with van der Waals surface area (Å²) in [6, 6.07) is 7.16. The molecular weight excluding hydrogens is 634 g/mol. The molecule has 5 atom stereocenters. The second kappa shape index (κ2) is 12.8. The second-order valence-corrected chi connectivity index (χ2v) is 15.6. The average molecular weight is 678 g/mol. The number of carbonyl (C=O) groups excluding carboxylic acids is 3.